The fraction of sp³-hybridized carbons (Fsp3) is 0.462. The number of unbranched alkanes of at least 4 members (excludes halogenated alkanes) is 6. The van der Waals surface area contributed by atoms with Gasteiger partial charge in [0.15, 0.2) is 23.0 Å². The number of nitrogens with zero attached hydrogens (tertiary/aromatic N) is 2. The highest BCUT2D eigenvalue weighted by Crippen LogP contribution is 2.43. The molecular weight excluding hydrogens is 765 g/mol. The molecule has 330 valence electrons. The highest BCUT2D eigenvalue weighted by Gasteiger charge is 2.19. The average Bonchev–Trinajstić information content (AvgIpc) is 3.28. The summed E-state index contributed by atoms with van der Waals surface area (Å²) < 4.78 is 37.6. The van der Waals surface area contributed by atoms with Crippen LogP contribution in [0, 0.1) is 5.21 Å². The van der Waals surface area contributed by atoms with Gasteiger partial charge in [-0.1, -0.05) is 121 Å². The standard InChI is InChI=1S/C52H70N2O7/c1-7-13-35-56-47-33-27-43(49(58-37-15-9-3)51(47)60-39-17-11-5)25-19-41-21-29-45(30-22-41)53-54(55)46-31-23-42(24-32-46)20-26-44-28-34-48(57-36-14-8-2)52(61-40-18-12-6)50(44)59-38-16-10-4/h19-34H,7-18,35-40H2,1-6H3/b25-19+,26-20+,54-53?. The summed E-state index contributed by atoms with van der Waals surface area (Å²) in [7, 11) is 0. The fourth-order valence-electron chi connectivity index (χ4n) is 6.01. The van der Waals surface area contributed by atoms with Gasteiger partial charge in [-0.3, -0.25) is 0 Å². The molecule has 4 aromatic carbocycles. The van der Waals surface area contributed by atoms with Crippen LogP contribution in [-0.4, -0.2) is 44.5 Å². The fourth-order valence-corrected chi connectivity index (χ4v) is 6.01. The molecule has 0 aliphatic rings. The Hall–Kier alpha value is -5.44. The van der Waals surface area contributed by atoms with E-state index in [1.807, 2.05) is 85.0 Å². The van der Waals surface area contributed by atoms with Crippen molar-refractivity contribution in [2.45, 2.75) is 119 Å². The topological polar surface area (TPSA) is 93.8 Å². The number of hydrogen-bond donors (Lipinski definition) is 0. The zero-order valence-electron chi connectivity index (χ0n) is 37.7. The molecule has 61 heavy (non-hydrogen) atoms. The van der Waals surface area contributed by atoms with Gasteiger partial charge in [0, 0.05) is 28.4 Å². The van der Waals surface area contributed by atoms with Crippen LogP contribution in [0.5, 0.6) is 34.5 Å². The Morgan fingerprint density at radius 2 is 0.754 bits per heavy atom. The molecule has 0 spiro atoms. The molecule has 0 fully saturated rings. The van der Waals surface area contributed by atoms with Crippen molar-refractivity contribution < 1.29 is 33.3 Å². The van der Waals surface area contributed by atoms with E-state index >= 15 is 0 Å². The maximum atomic E-state index is 13.2. The average molecular weight is 835 g/mol. The van der Waals surface area contributed by atoms with Gasteiger partial charge in [-0.25, -0.2) is 0 Å². The molecule has 0 aromatic heterocycles. The van der Waals surface area contributed by atoms with Crippen LogP contribution in [0.1, 0.15) is 141 Å². The lowest BCUT2D eigenvalue weighted by molar-refractivity contribution is -0.435. The van der Waals surface area contributed by atoms with E-state index < -0.39 is 0 Å². The van der Waals surface area contributed by atoms with Crippen LogP contribution < -0.4 is 28.4 Å². The Bertz CT molecular complexity index is 1940. The van der Waals surface area contributed by atoms with E-state index in [9.17, 15) is 5.21 Å². The van der Waals surface area contributed by atoms with Crippen molar-refractivity contribution in [3.05, 3.63) is 100 Å². The Morgan fingerprint density at radius 1 is 0.410 bits per heavy atom. The molecule has 0 atom stereocenters. The van der Waals surface area contributed by atoms with E-state index in [4.69, 9.17) is 28.4 Å². The van der Waals surface area contributed by atoms with Crippen LogP contribution in [0.4, 0.5) is 11.4 Å². The van der Waals surface area contributed by atoms with Gasteiger partial charge in [0.1, 0.15) is 5.69 Å². The molecule has 0 heterocycles. The van der Waals surface area contributed by atoms with Gasteiger partial charge >= 0.3 is 0 Å². The zero-order chi connectivity index (χ0) is 43.5. The Morgan fingerprint density at radius 3 is 1.13 bits per heavy atom. The number of hydrogen-bond acceptors (Lipinski definition) is 8. The molecule has 0 bridgehead atoms. The van der Waals surface area contributed by atoms with Gasteiger partial charge in [0.25, 0.3) is 0 Å². The van der Waals surface area contributed by atoms with Gasteiger partial charge in [-0.05, 0) is 98.2 Å². The smallest absolute Gasteiger partial charge is 0.244 e. The minimum Gasteiger partial charge on any atom is -0.594 e. The van der Waals surface area contributed by atoms with Crippen LogP contribution in [0.25, 0.3) is 24.3 Å². The molecule has 4 aromatic rings. The minimum atomic E-state index is 0.430. The van der Waals surface area contributed by atoms with Crippen molar-refractivity contribution >= 4 is 35.7 Å². The molecular formula is C52H70N2O7. The first-order chi connectivity index (χ1) is 30.0. The molecule has 0 N–H and O–H groups in total. The summed E-state index contributed by atoms with van der Waals surface area (Å²) in [5, 5.41) is 17.5. The van der Waals surface area contributed by atoms with Crippen LogP contribution in [0.15, 0.2) is 77.9 Å². The van der Waals surface area contributed by atoms with E-state index in [-0.39, 0.29) is 0 Å². The third-order valence-electron chi connectivity index (χ3n) is 9.83. The van der Waals surface area contributed by atoms with Crippen molar-refractivity contribution in [2.75, 3.05) is 39.6 Å². The van der Waals surface area contributed by atoms with Gasteiger partial charge in [0.05, 0.1) is 39.6 Å². The summed E-state index contributed by atoms with van der Waals surface area (Å²) in [6.07, 6.45) is 20.0. The summed E-state index contributed by atoms with van der Waals surface area (Å²) in [4.78, 5) is 0.652. The van der Waals surface area contributed by atoms with Crippen molar-refractivity contribution in [2.24, 2.45) is 5.11 Å². The number of benzene rings is 4. The summed E-state index contributed by atoms with van der Waals surface area (Å²) in [5.74, 6) is 4.15. The molecule has 9 heteroatoms. The van der Waals surface area contributed by atoms with Crippen molar-refractivity contribution in [3.8, 4) is 34.5 Å². The molecule has 0 saturated carbocycles. The second kappa shape index (κ2) is 28.2. The maximum absolute atomic E-state index is 13.2. The van der Waals surface area contributed by atoms with Crippen LogP contribution in [-0.2, 0) is 0 Å². The van der Waals surface area contributed by atoms with Gasteiger partial charge in [-0.15, -0.1) is 0 Å². The van der Waals surface area contributed by atoms with E-state index in [1.54, 1.807) is 12.1 Å². The Balaban J connectivity index is 1.50. The first kappa shape index (κ1) is 48.2. The lowest BCUT2D eigenvalue weighted by Crippen LogP contribution is -2.07. The second-order valence-corrected chi connectivity index (χ2v) is 15.1. The first-order valence-electron chi connectivity index (χ1n) is 22.8. The summed E-state index contributed by atoms with van der Waals surface area (Å²) in [6.45, 7) is 16.5. The van der Waals surface area contributed by atoms with Crippen molar-refractivity contribution in [1.82, 2.24) is 0 Å². The SMILES string of the molecule is CCCCOc1ccc(/C=C/c2ccc(N=[N+]([O-])c3ccc(/C=C/c4ccc(OCCCC)c(OCCCC)c4OCCCC)cc3)cc2)c(OCCCC)c1OCCCC. The minimum absolute atomic E-state index is 0.430. The van der Waals surface area contributed by atoms with Crippen molar-refractivity contribution in [3.63, 3.8) is 0 Å². The van der Waals surface area contributed by atoms with Crippen molar-refractivity contribution in [1.29, 1.82) is 0 Å². The third kappa shape index (κ3) is 16.2. The van der Waals surface area contributed by atoms with Crippen LogP contribution in [0.2, 0.25) is 0 Å². The van der Waals surface area contributed by atoms with Gasteiger partial charge in [-0.2, -0.15) is 0 Å². The van der Waals surface area contributed by atoms with E-state index in [0.29, 0.717) is 90.4 Å². The number of ether oxygens (including phenoxy) is 6. The molecule has 4 rings (SSSR count). The molecule has 0 aliphatic carbocycles. The van der Waals surface area contributed by atoms with E-state index in [2.05, 4.69) is 46.7 Å². The number of rotatable bonds is 30. The number of azo groups is 1. The third-order valence-corrected chi connectivity index (χ3v) is 9.83. The summed E-state index contributed by atoms with van der Waals surface area (Å²) in [5.41, 5.74) is 4.69. The maximum Gasteiger partial charge on any atom is 0.244 e. The lowest BCUT2D eigenvalue weighted by atomic mass is 10.1. The quantitative estimate of drug-likeness (QED) is 0.0170. The molecule has 0 radical (unpaired) electrons. The lowest BCUT2D eigenvalue weighted by Gasteiger charge is -2.19. The van der Waals surface area contributed by atoms with E-state index in [1.165, 1.54) is 0 Å². The molecule has 9 nitrogen and oxygen atoms in total. The molecule has 0 amide bonds. The highest BCUT2D eigenvalue weighted by atomic mass is 16.5. The predicted octanol–water partition coefficient (Wildman–Crippen LogP) is 15.0. The second-order valence-electron chi connectivity index (χ2n) is 15.1. The predicted molar refractivity (Wildman–Crippen MR) is 251 cm³/mol. The molecule has 0 saturated heterocycles. The normalized spacial score (nSPS) is 11.7. The van der Waals surface area contributed by atoms with Crippen LogP contribution in [0.3, 0.4) is 0 Å². The largest absolute Gasteiger partial charge is 0.594 e. The zero-order valence-corrected chi connectivity index (χ0v) is 37.7. The van der Waals surface area contributed by atoms with Crippen LogP contribution >= 0.6 is 0 Å². The highest BCUT2D eigenvalue weighted by molar-refractivity contribution is 5.77. The Labute approximate surface area is 366 Å². The monoisotopic (exact) mass is 835 g/mol. The summed E-state index contributed by atoms with van der Waals surface area (Å²) in [6, 6.07) is 22.9. The summed E-state index contributed by atoms with van der Waals surface area (Å²) >= 11 is 0. The molecule has 0 aliphatic heterocycles. The van der Waals surface area contributed by atoms with Gasteiger partial charge in [0.2, 0.25) is 17.2 Å². The van der Waals surface area contributed by atoms with E-state index in [0.717, 1.165) is 99.3 Å². The molecule has 0 unspecified atom stereocenters. The first-order valence-corrected chi connectivity index (χ1v) is 22.8. The Kier molecular flexibility index (Phi) is 22.3. The van der Waals surface area contributed by atoms with Gasteiger partial charge < -0.3 is 33.6 Å².